The Hall–Kier alpha value is -3.24. The van der Waals surface area contributed by atoms with Crippen LogP contribution in [-0.4, -0.2) is 23.1 Å². The van der Waals surface area contributed by atoms with Gasteiger partial charge in [0.15, 0.2) is 0 Å². The van der Waals surface area contributed by atoms with Gasteiger partial charge in [-0.2, -0.15) is 0 Å². The second-order valence-electron chi connectivity index (χ2n) is 7.27. The van der Waals surface area contributed by atoms with Gasteiger partial charge in [-0.05, 0) is 52.7 Å². The molecule has 1 unspecified atom stereocenters. The van der Waals surface area contributed by atoms with Crippen molar-refractivity contribution in [2.24, 2.45) is 0 Å². The molecule has 0 aromatic heterocycles. The fourth-order valence-electron chi connectivity index (χ4n) is 3.80. The van der Waals surface area contributed by atoms with E-state index in [9.17, 15) is 4.79 Å². The molecular weight excluding hydrogens is 390 g/mol. The second-order valence-corrected chi connectivity index (χ2v) is 8.46. The predicted octanol–water partition coefficient (Wildman–Crippen LogP) is 6.52. The Morgan fingerprint density at radius 2 is 1.57 bits per heavy atom. The highest BCUT2D eigenvalue weighted by Gasteiger charge is 2.31. The Kier molecular flexibility index (Phi) is 5.16. The standard InChI is InChI=1S/C26H21NO2S/c28-25(21-14-13-19-7-4-5-8-20(19)17-21)27-15-16-30-26(27)22-9-6-12-24(18-22)29-23-10-2-1-3-11-23/h1-14,17-18,26H,15-16H2. The number of nitrogens with zero attached hydrogens (tertiary/aromatic N) is 1. The van der Waals surface area contributed by atoms with Crippen LogP contribution in [0.3, 0.4) is 0 Å². The average Bonchev–Trinajstić information content (AvgIpc) is 3.29. The lowest BCUT2D eigenvalue weighted by molar-refractivity contribution is 0.0760. The molecule has 4 heteroatoms. The number of benzene rings is 4. The summed E-state index contributed by atoms with van der Waals surface area (Å²) < 4.78 is 5.99. The molecule has 1 amide bonds. The molecule has 4 aromatic rings. The Labute approximate surface area is 180 Å². The third-order valence-electron chi connectivity index (χ3n) is 5.27. The van der Waals surface area contributed by atoms with Gasteiger partial charge in [0.25, 0.3) is 5.91 Å². The van der Waals surface area contributed by atoms with Crippen LogP contribution >= 0.6 is 11.8 Å². The molecule has 1 fully saturated rings. The number of rotatable bonds is 4. The van der Waals surface area contributed by atoms with Gasteiger partial charge >= 0.3 is 0 Å². The van der Waals surface area contributed by atoms with Gasteiger partial charge in [0.05, 0.1) is 0 Å². The summed E-state index contributed by atoms with van der Waals surface area (Å²) in [4.78, 5) is 15.3. The topological polar surface area (TPSA) is 29.5 Å². The zero-order valence-corrected chi connectivity index (χ0v) is 17.2. The molecule has 5 rings (SSSR count). The maximum Gasteiger partial charge on any atom is 0.255 e. The van der Waals surface area contributed by atoms with Gasteiger partial charge in [0.1, 0.15) is 16.9 Å². The van der Waals surface area contributed by atoms with E-state index in [0.29, 0.717) is 0 Å². The van der Waals surface area contributed by atoms with E-state index in [1.165, 1.54) is 0 Å². The number of para-hydroxylation sites is 1. The van der Waals surface area contributed by atoms with Crippen LogP contribution in [0.15, 0.2) is 97.1 Å². The van der Waals surface area contributed by atoms with Gasteiger partial charge in [-0.15, -0.1) is 11.8 Å². The van der Waals surface area contributed by atoms with Crippen molar-refractivity contribution in [2.75, 3.05) is 12.3 Å². The largest absolute Gasteiger partial charge is 0.457 e. The minimum Gasteiger partial charge on any atom is -0.457 e. The van der Waals surface area contributed by atoms with Crippen molar-refractivity contribution in [1.82, 2.24) is 4.90 Å². The Bertz CT molecular complexity index is 1190. The second kappa shape index (κ2) is 8.25. The summed E-state index contributed by atoms with van der Waals surface area (Å²) in [6.45, 7) is 0.741. The molecule has 148 valence electrons. The molecule has 1 atom stereocenters. The summed E-state index contributed by atoms with van der Waals surface area (Å²) in [5, 5.41) is 2.22. The van der Waals surface area contributed by atoms with E-state index in [-0.39, 0.29) is 11.3 Å². The highest BCUT2D eigenvalue weighted by molar-refractivity contribution is 7.99. The summed E-state index contributed by atoms with van der Waals surface area (Å²) in [6.07, 6.45) is 0. The summed E-state index contributed by atoms with van der Waals surface area (Å²) in [5.74, 6) is 2.58. The van der Waals surface area contributed by atoms with Crippen molar-refractivity contribution in [3.8, 4) is 11.5 Å². The van der Waals surface area contributed by atoms with Gasteiger partial charge in [0.2, 0.25) is 0 Å². The van der Waals surface area contributed by atoms with E-state index in [1.54, 1.807) is 11.8 Å². The van der Waals surface area contributed by atoms with Crippen LogP contribution in [0.25, 0.3) is 10.8 Å². The van der Waals surface area contributed by atoms with Crippen molar-refractivity contribution in [1.29, 1.82) is 0 Å². The highest BCUT2D eigenvalue weighted by atomic mass is 32.2. The van der Waals surface area contributed by atoms with E-state index in [1.807, 2.05) is 89.8 Å². The van der Waals surface area contributed by atoms with Crippen LogP contribution in [0.2, 0.25) is 0 Å². The van der Waals surface area contributed by atoms with Gasteiger partial charge in [0, 0.05) is 17.9 Å². The first-order valence-electron chi connectivity index (χ1n) is 10.0. The molecule has 1 heterocycles. The summed E-state index contributed by atoms with van der Waals surface area (Å²) in [7, 11) is 0. The smallest absolute Gasteiger partial charge is 0.255 e. The normalized spacial score (nSPS) is 16.0. The minimum absolute atomic E-state index is 0.0108. The lowest BCUT2D eigenvalue weighted by Gasteiger charge is -2.24. The number of hydrogen-bond acceptors (Lipinski definition) is 3. The molecule has 1 saturated heterocycles. The quantitative estimate of drug-likeness (QED) is 0.383. The first-order chi connectivity index (χ1) is 14.8. The molecule has 0 N–H and O–H groups in total. The number of hydrogen-bond donors (Lipinski definition) is 0. The monoisotopic (exact) mass is 411 g/mol. The Balaban J connectivity index is 1.40. The Morgan fingerprint density at radius 1 is 0.800 bits per heavy atom. The summed E-state index contributed by atoms with van der Waals surface area (Å²) in [5.41, 5.74) is 1.82. The molecule has 0 radical (unpaired) electrons. The maximum atomic E-state index is 13.3. The zero-order valence-electron chi connectivity index (χ0n) is 16.4. The first-order valence-corrected chi connectivity index (χ1v) is 11.1. The molecule has 0 saturated carbocycles. The minimum atomic E-state index is -0.0108. The van der Waals surface area contributed by atoms with Crippen LogP contribution in [0, 0.1) is 0 Å². The molecular formula is C26H21NO2S. The SMILES string of the molecule is O=C(c1ccc2ccccc2c1)N1CCSC1c1cccc(Oc2ccccc2)c1. The lowest BCUT2D eigenvalue weighted by atomic mass is 10.1. The third kappa shape index (κ3) is 3.79. The van der Waals surface area contributed by atoms with Crippen LogP contribution in [0.5, 0.6) is 11.5 Å². The van der Waals surface area contributed by atoms with E-state index in [4.69, 9.17) is 4.74 Å². The number of amides is 1. The molecule has 0 bridgehead atoms. The molecule has 30 heavy (non-hydrogen) atoms. The van der Waals surface area contributed by atoms with E-state index >= 15 is 0 Å². The zero-order chi connectivity index (χ0) is 20.3. The van der Waals surface area contributed by atoms with Crippen molar-refractivity contribution in [3.05, 3.63) is 108 Å². The van der Waals surface area contributed by atoms with Crippen LogP contribution in [0.4, 0.5) is 0 Å². The number of ether oxygens (including phenoxy) is 1. The van der Waals surface area contributed by atoms with Crippen molar-refractivity contribution >= 4 is 28.4 Å². The molecule has 0 spiro atoms. The van der Waals surface area contributed by atoms with Crippen molar-refractivity contribution in [2.45, 2.75) is 5.37 Å². The molecule has 0 aliphatic carbocycles. The number of carbonyl (C=O) groups is 1. The molecule has 1 aliphatic rings. The first kappa shape index (κ1) is 18.8. The summed E-state index contributed by atoms with van der Waals surface area (Å²) in [6, 6.07) is 31.9. The molecule has 1 aliphatic heterocycles. The predicted molar refractivity (Wildman–Crippen MR) is 123 cm³/mol. The third-order valence-corrected chi connectivity index (χ3v) is 6.53. The number of fused-ring (bicyclic) bond motifs is 1. The van der Waals surface area contributed by atoms with E-state index in [0.717, 1.165) is 45.7 Å². The average molecular weight is 412 g/mol. The number of carbonyl (C=O) groups excluding carboxylic acids is 1. The van der Waals surface area contributed by atoms with Crippen molar-refractivity contribution in [3.63, 3.8) is 0 Å². The van der Waals surface area contributed by atoms with E-state index in [2.05, 4.69) is 12.1 Å². The van der Waals surface area contributed by atoms with Crippen LogP contribution < -0.4 is 4.74 Å². The maximum absolute atomic E-state index is 13.3. The van der Waals surface area contributed by atoms with E-state index < -0.39 is 0 Å². The highest BCUT2D eigenvalue weighted by Crippen LogP contribution is 2.40. The fourth-order valence-corrected chi connectivity index (χ4v) is 5.04. The van der Waals surface area contributed by atoms with Gasteiger partial charge < -0.3 is 9.64 Å². The van der Waals surface area contributed by atoms with Gasteiger partial charge in [-0.25, -0.2) is 0 Å². The molecule has 3 nitrogen and oxygen atoms in total. The van der Waals surface area contributed by atoms with Crippen LogP contribution in [0.1, 0.15) is 21.3 Å². The number of thioether (sulfide) groups is 1. The molecule has 4 aromatic carbocycles. The van der Waals surface area contributed by atoms with Gasteiger partial charge in [-0.3, -0.25) is 4.79 Å². The Morgan fingerprint density at radius 3 is 2.43 bits per heavy atom. The van der Waals surface area contributed by atoms with Gasteiger partial charge in [-0.1, -0.05) is 60.7 Å². The van der Waals surface area contributed by atoms with Crippen LogP contribution in [-0.2, 0) is 0 Å². The fraction of sp³-hybridized carbons (Fsp3) is 0.115. The summed E-state index contributed by atoms with van der Waals surface area (Å²) >= 11 is 1.79. The van der Waals surface area contributed by atoms with Crippen molar-refractivity contribution < 1.29 is 9.53 Å². The lowest BCUT2D eigenvalue weighted by Crippen LogP contribution is -2.30.